The molecule has 3 aromatic rings. The number of phenols is 1. The summed E-state index contributed by atoms with van der Waals surface area (Å²) in [5.41, 5.74) is 8.89. The van der Waals surface area contributed by atoms with Crippen molar-refractivity contribution in [3.05, 3.63) is 71.1 Å². The Labute approximate surface area is 155 Å². The summed E-state index contributed by atoms with van der Waals surface area (Å²) in [5.74, 6) is 0.452. The molecule has 0 saturated carbocycles. The van der Waals surface area contributed by atoms with Crippen LogP contribution in [0, 0.1) is 11.3 Å². The second-order valence-corrected chi connectivity index (χ2v) is 6.03. The number of fused-ring (bicyclic) bond motifs is 1. The Hall–Kier alpha value is -3.92. The maximum Gasteiger partial charge on any atom is 0.244 e. The van der Waals surface area contributed by atoms with Gasteiger partial charge in [0.2, 0.25) is 11.8 Å². The number of nitrogens with zero attached hydrogens (tertiary/aromatic N) is 2. The van der Waals surface area contributed by atoms with Crippen LogP contribution in [0.15, 0.2) is 60.0 Å². The molecule has 7 nitrogen and oxygen atoms in total. The van der Waals surface area contributed by atoms with Gasteiger partial charge in [-0.25, -0.2) is 0 Å². The lowest BCUT2D eigenvalue weighted by Gasteiger charge is -2.24. The van der Waals surface area contributed by atoms with Crippen LogP contribution >= 0.6 is 0 Å². The molecule has 2 heterocycles. The van der Waals surface area contributed by atoms with Crippen LogP contribution in [0.4, 0.5) is 0 Å². The van der Waals surface area contributed by atoms with E-state index in [1.165, 1.54) is 0 Å². The Morgan fingerprint density at radius 1 is 1.22 bits per heavy atom. The summed E-state index contributed by atoms with van der Waals surface area (Å²) >= 11 is 0. The highest BCUT2D eigenvalue weighted by molar-refractivity contribution is 5.71. The lowest BCUT2D eigenvalue weighted by molar-refractivity contribution is 0.377. The fourth-order valence-electron chi connectivity index (χ4n) is 3.27. The van der Waals surface area contributed by atoms with E-state index in [0.717, 1.165) is 11.3 Å². The standard InChI is InChI=1S/C20H16N4O3/c1-26-12-8-6-11(7-9-12)18-17-16(13-4-2-3-5-15(13)25)14(10-21)19(22)27-20(17)24-23-18/h2-9,16,25H,22H2,1H3,(H,23,24)/t16-/m1/s1. The number of para-hydroxylation sites is 1. The minimum Gasteiger partial charge on any atom is -0.508 e. The summed E-state index contributed by atoms with van der Waals surface area (Å²) in [4.78, 5) is 0. The summed E-state index contributed by atoms with van der Waals surface area (Å²) in [6.45, 7) is 0. The number of methoxy groups -OCH3 is 1. The summed E-state index contributed by atoms with van der Waals surface area (Å²) in [5, 5.41) is 27.3. The number of allylic oxidation sites excluding steroid dienone is 1. The normalized spacial score (nSPS) is 15.6. The van der Waals surface area contributed by atoms with Crippen molar-refractivity contribution >= 4 is 0 Å². The van der Waals surface area contributed by atoms with Gasteiger partial charge in [-0.3, -0.25) is 5.10 Å². The van der Waals surface area contributed by atoms with Gasteiger partial charge in [0.15, 0.2) is 0 Å². The number of hydrogen-bond acceptors (Lipinski definition) is 6. The van der Waals surface area contributed by atoms with E-state index in [-0.39, 0.29) is 23.1 Å². The first-order valence-corrected chi connectivity index (χ1v) is 8.22. The number of nitrogens with two attached hydrogens (primary N) is 1. The largest absolute Gasteiger partial charge is 0.508 e. The van der Waals surface area contributed by atoms with Gasteiger partial charge in [-0.2, -0.15) is 5.26 Å². The van der Waals surface area contributed by atoms with Crippen molar-refractivity contribution in [2.24, 2.45) is 5.73 Å². The average molecular weight is 360 g/mol. The summed E-state index contributed by atoms with van der Waals surface area (Å²) < 4.78 is 10.8. The number of H-pyrrole nitrogens is 1. The number of benzene rings is 2. The van der Waals surface area contributed by atoms with Crippen LogP contribution in [0.3, 0.4) is 0 Å². The van der Waals surface area contributed by atoms with Crippen molar-refractivity contribution in [2.75, 3.05) is 7.11 Å². The second-order valence-electron chi connectivity index (χ2n) is 6.03. The van der Waals surface area contributed by atoms with Crippen LogP contribution in [0.5, 0.6) is 17.4 Å². The molecule has 1 aliphatic heterocycles. The number of rotatable bonds is 3. The molecule has 2 aromatic carbocycles. The Morgan fingerprint density at radius 3 is 2.63 bits per heavy atom. The molecule has 0 bridgehead atoms. The van der Waals surface area contributed by atoms with E-state index in [4.69, 9.17) is 15.2 Å². The summed E-state index contributed by atoms with van der Waals surface area (Å²) in [6.07, 6.45) is 0. The van der Waals surface area contributed by atoms with Crippen LogP contribution in [0.25, 0.3) is 11.3 Å². The zero-order valence-electron chi connectivity index (χ0n) is 14.4. The van der Waals surface area contributed by atoms with E-state index < -0.39 is 5.92 Å². The number of phenolic OH excluding ortho intramolecular Hbond substituents is 1. The summed E-state index contributed by atoms with van der Waals surface area (Å²) in [6, 6.07) is 16.4. The van der Waals surface area contributed by atoms with E-state index in [0.29, 0.717) is 16.8 Å². The Kier molecular flexibility index (Phi) is 3.94. The fraction of sp³-hybridized carbons (Fsp3) is 0.100. The maximum absolute atomic E-state index is 10.4. The predicted octanol–water partition coefficient (Wildman–Crippen LogP) is 3.01. The minimum absolute atomic E-state index is 0.0222. The molecule has 4 N–H and O–H groups in total. The molecule has 134 valence electrons. The first-order valence-electron chi connectivity index (χ1n) is 8.22. The molecule has 1 aromatic heterocycles. The van der Waals surface area contributed by atoms with Crippen molar-refractivity contribution in [1.29, 1.82) is 5.26 Å². The molecule has 1 aliphatic rings. The van der Waals surface area contributed by atoms with Gasteiger partial charge in [0.25, 0.3) is 0 Å². The first kappa shape index (κ1) is 16.5. The molecule has 0 saturated heterocycles. The van der Waals surface area contributed by atoms with E-state index in [9.17, 15) is 10.4 Å². The van der Waals surface area contributed by atoms with Crippen molar-refractivity contribution in [3.63, 3.8) is 0 Å². The monoisotopic (exact) mass is 360 g/mol. The molecule has 0 aliphatic carbocycles. The molecule has 1 atom stereocenters. The van der Waals surface area contributed by atoms with Gasteiger partial charge in [-0.1, -0.05) is 18.2 Å². The molecular formula is C20H16N4O3. The molecule has 0 radical (unpaired) electrons. The molecule has 0 unspecified atom stereocenters. The zero-order valence-corrected chi connectivity index (χ0v) is 14.4. The van der Waals surface area contributed by atoms with Crippen LogP contribution in [-0.4, -0.2) is 22.4 Å². The van der Waals surface area contributed by atoms with Crippen molar-refractivity contribution < 1.29 is 14.6 Å². The number of hydrogen-bond donors (Lipinski definition) is 3. The Balaban J connectivity index is 1.93. The third kappa shape index (κ3) is 2.64. The van der Waals surface area contributed by atoms with Gasteiger partial charge in [-0.05, 0) is 30.3 Å². The lowest BCUT2D eigenvalue weighted by Crippen LogP contribution is -2.21. The quantitative estimate of drug-likeness (QED) is 0.661. The minimum atomic E-state index is -0.601. The van der Waals surface area contributed by atoms with Gasteiger partial charge < -0.3 is 20.3 Å². The molecule has 7 heteroatoms. The maximum atomic E-state index is 10.4. The van der Waals surface area contributed by atoms with E-state index >= 15 is 0 Å². The number of nitriles is 1. The lowest BCUT2D eigenvalue weighted by atomic mass is 9.82. The smallest absolute Gasteiger partial charge is 0.244 e. The van der Waals surface area contributed by atoms with Crippen molar-refractivity contribution in [3.8, 4) is 34.7 Å². The number of aromatic amines is 1. The first-order chi connectivity index (χ1) is 13.1. The van der Waals surface area contributed by atoms with Crippen LogP contribution in [-0.2, 0) is 0 Å². The number of nitrogens with one attached hydrogen (secondary N) is 1. The molecule has 27 heavy (non-hydrogen) atoms. The number of ether oxygens (including phenoxy) is 2. The van der Waals surface area contributed by atoms with Crippen LogP contribution in [0.2, 0.25) is 0 Å². The third-order valence-corrected chi connectivity index (χ3v) is 4.57. The van der Waals surface area contributed by atoms with Gasteiger partial charge in [0, 0.05) is 11.1 Å². The molecule has 4 rings (SSSR count). The second kappa shape index (κ2) is 6.42. The fourth-order valence-corrected chi connectivity index (χ4v) is 3.27. The van der Waals surface area contributed by atoms with Crippen LogP contribution in [0.1, 0.15) is 17.0 Å². The van der Waals surface area contributed by atoms with Crippen molar-refractivity contribution in [2.45, 2.75) is 5.92 Å². The molecule has 0 spiro atoms. The van der Waals surface area contributed by atoms with Gasteiger partial charge >= 0.3 is 0 Å². The molecule has 0 fully saturated rings. The third-order valence-electron chi connectivity index (χ3n) is 4.57. The molecule has 0 amide bonds. The highest BCUT2D eigenvalue weighted by atomic mass is 16.5. The topological polar surface area (TPSA) is 117 Å². The number of aromatic hydroxyl groups is 1. The highest BCUT2D eigenvalue weighted by Gasteiger charge is 2.36. The van der Waals surface area contributed by atoms with Crippen LogP contribution < -0.4 is 15.2 Å². The number of aromatic nitrogens is 2. The Bertz CT molecular complexity index is 1080. The zero-order chi connectivity index (χ0) is 19.0. The van der Waals surface area contributed by atoms with Gasteiger partial charge in [0.05, 0.1) is 24.3 Å². The summed E-state index contributed by atoms with van der Waals surface area (Å²) in [7, 11) is 1.60. The van der Waals surface area contributed by atoms with E-state index in [1.807, 2.05) is 24.3 Å². The average Bonchev–Trinajstić information content (AvgIpc) is 3.11. The van der Waals surface area contributed by atoms with Crippen molar-refractivity contribution in [1.82, 2.24) is 10.2 Å². The highest BCUT2D eigenvalue weighted by Crippen LogP contribution is 2.47. The SMILES string of the molecule is COc1ccc(-c2[nH]nc3c2[C@H](c2ccccc2O)C(C#N)=C(N)O3)cc1. The molecular weight excluding hydrogens is 344 g/mol. The Morgan fingerprint density at radius 2 is 1.96 bits per heavy atom. The van der Waals surface area contributed by atoms with Gasteiger partial charge in [-0.15, -0.1) is 5.10 Å². The van der Waals surface area contributed by atoms with Gasteiger partial charge in [0.1, 0.15) is 23.1 Å². The van der Waals surface area contributed by atoms with E-state index in [1.54, 1.807) is 31.4 Å². The van der Waals surface area contributed by atoms with E-state index in [2.05, 4.69) is 16.3 Å². The predicted molar refractivity (Wildman–Crippen MR) is 98.0 cm³/mol.